The monoisotopic (exact) mass is 302 g/mol. The van der Waals surface area contributed by atoms with Crippen molar-refractivity contribution in [3.8, 4) is 0 Å². The van der Waals surface area contributed by atoms with E-state index in [4.69, 9.17) is 0 Å². The lowest BCUT2D eigenvalue weighted by molar-refractivity contribution is -0.174. The van der Waals surface area contributed by atoms with Gasteiger partial charge in [0.15, 0.2) is 0 Å². The molecule has 2 amide bonds. The van der Waals surface area contributed by atoms with Crippen molar-refractivity contribution in [1.29, 1.82) is 0 Å². The fraction of sp³-hybridized carbons (Fsp3) is 0.308. The summed E-state index contributed by atoms with van der Waals surface area (Å²) in [6.45, 7) is 1.19. The van der Waals surface area contributed by atoms with Crippen molar-refractivity contribution in [2.24, 2.45) is 0 Å². The molecule has 5 nitrogen and oxygen atoms in total. The van der Waals surface area contributed by atoms with Crippen molar-refractivity contribution in [1.82, 2.24) is 10.6 Å². The zero-order chi connectivity index (χ0) is 16.0. The minimum atomic E-state index is -5.05. The van der Waals surface area contributed by atoms with Gasteiger partial charge in [0, 0.05) is 5.56 Å². The van der Waals surface area contributed by atoms with Crippen LogP contribution in [0.1, 0.15) is 17.3 Å². The van der Waals surface area contributed by atoms with Crippen molar-refractivity contribution in [2.75, 3.05) is 0 Å². The van der Waals surface area contributed by atoms with Crippen molar-refractivity contribution in [3.05, 3.63) is 35.9 Å². The predicted octanol–water partition coefficient (Wildman–Crippen LogP) is 1.05. The van der Waals surface area contributed by atoms with Crippen LogP contribution in [0.4, 0.5) is 13.2 Å². The summed E-state index contributed by atoms with van der Waals surface area (Å²) in [6.07, 6.45) is -4.78. The molecule has 0 aliphatic heterocycles. The van der Waals surface area contributed by atoms with Crippen LogP contribution >= 0.6 is 0 Å². The zero-order valence-corrected chi connectivity index (χ0v) is 11.0. The van der Waals surface area contributed by atoms with E-state index in [2.05, 4.69) is 5.32 Å². The van der Waals surface area contributed by atoms with Gasteiger partial charge in [-0.2, -0.15) is 13.2 Å². The van der Waals surface area contributed by atoms with Gasteiger partial charge in [0.25, 0.3) is 5.91 Å². The van der Waals surface area contributed by atoms with Crippen molar-refractivity contribution in [3.63, 3.8) is 0 Å². The average Bonchev–Trinajstić information content (AvgIpc) is 2.44. The molecule has 0 aliphatic rings. The standard InChI is InChI=1S/C13H13F3N2O3/c1-8(17-12(21)13(14,15)16)10(7-19)18-11(20)9-5-3-2-4-6-9/h2-8,10H,1H3,(H,17,21)(H,18,20). The van der Waals surface area contributed by atoms with Crippen molar-refractivity contribution >= 4 is 18.1 Å². The van der Waals surface area contributed by atoms with Gasteiger partial charge in [-0.3, -0.25) is 9.59 Å². The van der Waals surface area contributed by atoms with E-state index in [1.165, 1.54) is 19.1 Å². The molecule has 0 heterocycles. The molecule has 0 saturated carbocycles. The summed E-state index contributed by atoms with van der Waals surface area (Å²) in [5.74, 6) is -2.79. The molecule has 1 rings (SSSR count). The Morgan fingerprint density at radius 3 is 2.19 bits per heavy atom. The summed E-state index contributed by atoms with van der Waals surface area (Å²) in [7, 11) is 0. The number of aldehydes is 1. The fourth-order valence-electron chi connectivity index (χ4n) is 1.48. The number of carbonyl (C=O) groups excluding carboxylic acids is 3. The van der Waals surface area contributed by atoms with E-state index in [-0.39, 0.29) is 11.8 Å². The summed E-state index contributed by atoms with van der Waals surface area (Å²) in [5.41, 5.74) is 0.249. The SMILES string of the molecule is CC(NC(=O)C(F)(F)F)C(C=O)NC(=O)c1ccccc1. The molecule has 0 fully saturated rings. The Balaban J connectivity index is 2.69. The predicted molar refractivity (Wildman–Crippen MR) is 67.4 cm³/mol. The van der Waals surface area contributed by atoms with Crippen LogP contribution in [0.25, 0.3) is 0 Å². The highest BCUT2D eigenvalue weighted by molar-refractivity contribution is 5.95. The molecule has 0 aliphatic carbocycles. The third-order valence-electron chi connectivity index (χ3n) is 2.64. The third kappa shape index (κ3) is 4.90. The Morgan fingerprint density at radius 1 is 1.14 bits per heavy atom. The van der Waals surface area contributed by atoms with Gasteiger partial charge in [-0.15, -0.1) is 0 Å². The Kier molecular flexibility index (Phi) is 5.45. The van der Waals surface area contributed by atoms with Gasteiger partial charge in [0.2, 0.25) is 0 Å². The molecule has 114 valence electrons. The summed E-state index contributed by atoms with van der Waals surface area (Å²) in [5, 5.41) is 3.87. The number of benzene rings is 1. The molecule has 0 radical (unpaired) electrons. The van der Waals surface area contributed by atoms with E-state index in [9.17, 15) is 27.6 Å². The highest BCUT2D eigenvalue weighted by atomic mass is 19.4. The Morgan fingerprint density at radius 2 is 1.71 bits per heavy atom. The molecule has 0 spiro atoms. The van der Waals surface area contributed by atoms with E-state index in [0.717, 1.165) is 0 Å². The minimum absolute atomic E-state index is 0.249. The molecule has 2 unspecified atom stereocenters. The third-order valence-corrected chi connectivity index (χ3v) is 2.64. The zero-order valence-electron chi connectivity index (χ0n) is 11.0. The van der Waals surface area contributed by atoms with Crippen LogP contribution in [0.15, 0.2) is 30.3 Å². The van der Waals surface area contributed by atoms with E-state index >= 15 is 0 Å². The number of carbonyl (C=O) groups is 3. The van der Waals surface area contributed by atoms with Crippen LogP contribution in [0.3, 0.4) is 0 Å². The van der Waals surface area contributed by atoms with E-state index in [1.807, 2.05) is 0 Å². The van der Waals surface area contributed by atoms with Crippen LogP contribution in [0.5, 0.6) is 0 Å². The van der Waals surface area contributed by atoms with Gasteiger partial charge in [0.1, 0.15) is 12.3 Å². The molecule has 0 aromatic heterocycles. The van der Waals surface area contributed by atoms with Crippen LogP contribution in [-0.4, -0.2) is 36.4 Å². The second kappa shape index (κ2) is 6.87. The molecule has 2 N–H and O–H groups in total. The summed E-state index contributed by atoms with van der Waals surface area (Å²) in [6, 6.07) is 5.36. The highest BCUT2D eigenvalue weighted by Crippen LogP contribution is 2.14. The van der Waals surface area contributed by atoms with Gasteiger partial charge < -0.3 is 15.4 Å². The summed E-state index contributed by atoms with van der Waals surface area (Å²) in [4.78, 5) is 33.5. The molecule has 1 aromatic rings. The summed E-state index contributed by atoms with van der Waals surface area (Å²) >= 11 is 0. The second-order valence-electron chi connectivity index (χ2n) is 4.26. The maximum absolute atomic E-state index is 12.1. The number of nitrogens with one attached hydrogen (secondary N) is 2. The first-order valence-electron chi connectivity index (χ1n) is 5.94. The van der Waals surface area contributed by atoms with Crippen molar-refractivity contribution < 1.29 is 27.6 Å². The van der Waals surface area contributed by atoms with E-state index < -0.39 is 30.1 Å². The van der Waals surface area contributed by atoms with Crippen molar-refractivity contribution in [2.45, 2.75) is 25.2 Å². The smallest absolute Gasteiger partial charge is 0.343 e. The first kappa shape index (κ1) is 16.7. The first-order chi connectivity index (χ1) is 9.75. The molecule has 0 bridgehead atoms. The topological polar surface area (TPSA) is 75.3 Å². The first-order valence-corrected chi connectivity index (χ1v) is 5.94. The molecule has 1 aromatic carbocycles. The molecular formula is C13H13F3N2O3. The van der Waals surface area contributed by atoms with E-state index in [1.54, 1.807) is 23.5 Å². The Labute approximate surface area is 118 Å². The van der Waals surface area contributed by atoms with Gasteiger partial charge in [-0.05, 0) is 19.1 Å². The Bertz CT molecular complexity index is 517. The summed E-state index contributed by atoms with van der Waals surface area (Å²) < 4.78 is 36.3. The van der Waals surface area contributed by atoms with Crippen LogP contribution in [0.2, 0.25) is 0 Å². The van der Waals surface area contributed by atoms with Crippen LogP contribution in [-0.2, 0) is 9.59 Å². The number of hydrogen-bond donors (Lipinski definition) is 2. The lowest BCUT2D eigenvalue weighted by atomic mass is 10.1. The molecule has 8 heteroatoms. The molecular weight excluding hydrogens is 289 g/mol. The number of amides is 2. The van der Waals surface area contributed by atoms with Crippen LogP contribution in [0, 0.1) is 0 Å². The second-order valence-corrected chi connectivity index (χ2v) is 4.26. The number of alkyl halides is 3. The van der Waals surface area contributed by atoms with Gasteiger partial charge in [0.05, 0.1) is 6.04 Å². The lowest BCUT2D eigenvalue weighted by Crippen LogP contribution is -2.53. The number of halogens is 3. The van der Waals surface area contributed by atoms with E-state index in [0.29, 0.717) is 0 Å². The van der Waals surface area contributed by atoms with Crippen LogP contribution < -0.4 is 10.6 Å². The minimum Gasteiger partial charge on any atom is -0.343 e. The highest BCUT2D eigenvalue weighted by Gasteiger charge is 2.40. The number of hydrogen-bond acceptors (Lipinski definition) is 3. The molecule has 21 heavy (non-hydrogen) atoms. The molecule has 2 atom stereocenters. The van der Waals surface area contributed by atoms with Gasteiger partial charge in [-0.25, -0.2) is 0 Å². The lowest BCUT2D eigenvalue weighted by Gasteiger charge is -2.22. The normalized spacial score (nSPS) is 13.9. The molecule has 0 saturated heterocycles. The number of rotatable bonds is 5. The Hall–Kier alpha value is -2.38. The fourth-order valence-corrected chi connectivity index (χ4v) is 1.48. The van der Waals surface area contributed by atoms with Gasteiger partial charge in [-0.1, -0.05) is 18.2 Å². The maximum Gasteiger partial charge on any atom is 0.471 e. The largest absolute Gasteiger partial charge is 0.471 e. The maximum atomic E-state index is 12.1. The average molecular weight is 302 g/mol. The quantitative estimate of drug-likeness (QED) is 0.798. The van der Waals surface area contributed by atoms with Gasteiger partial charge >= 0.3 is 12.1 Å².